The van der Waals surface area contributed by atoms with E-state index in [1.807, 2.05) is 48.5 Å². The van der Waals surface area contributed by atoms with Gasteiger partial charge in [-0.1, -0.05) is 42.5 Å². The van der Waals surface area contributed by atoms with Crippen molar-refractivity contribution < 1.29 is 17.9 Å². The van der Waals surface area contributed by atoms with Crippen molar-refractivity contribution in [1.29, 1.82) is 0 Å². The third-order valence-corrected chi connectivity index (χ3v) is 7.36. The van der Waals surface area contributed by atoms with E-state index in [0.717, 1.165) is 22.1 Å². The van der Waals surface area contributed by atoms with E-state index in [0.29, 0.717) is 25.9 Å². The molecular weight excluding hydrogens is 400 g/mol. The van der Waals surface area contributed by atoms with Gasteiger partial charge in [0.15, 0.2) is 0 Å². The number of ether oxygens (including phenoxy) is 1. The number of benzene rings is 3. The number of hydrogen-bond acceptors (Lipinski definition) is 4. The SMILES string of the molecule is COc1ccc(CNC(=O)[C@H]2CCCN2S(=O)(=O)c2ccc3ccccc3c2)cc1. The Morgan fingerprint density at radius 2 is 1.80 bits per heavy atom. The fraction of sp³-hybridized carbons (Fsp3) is 0.261. The van der Waals surface area contributed by atoms with Crippen molar-refractivity contribution in [3.63, 3.8) is 0 Å². The highest BCUT2D eigenvalue weighted by Gasteiger charge is 2.39. The Labute approximate surface area is 176 Å². The minimum absolute atomic E-state index is 0.219. The van der Waals surface area contributed by atoms with Crippen LogP contribution in [0.3, 0.4) is 0 Å². The zero-order chi connectivity index (χ0) is 21.1. The van der Waals surface area contributed by atoms with E-state index in [1.165, 1.54) is 4.31 Å². The molecule has 1 heterocycles. The number of nitrogens with one attached hydrogen (secondary N) is 1. The summed E-state index contributed by atoms with van der Waals surface area (Å²) in [7, 11) is -2.16. The zero-order valence-corrected chi connectivity index (χ0v) is 17.6. The second-order valence-electron chi connectivity index (χ2n) is 7.35. The summed E-state index contributed by atoms with van der Waals surface area (Å²) < 4.78 is 33.0. The van der Waals surface area contributed by atoms with E-state index in [2.05, 4.69) is 5.32 Å². The molecule has 3 aromatic rings. The van der Waals surface area contributed by atoms with Crippen LogP contribution < -0.4 is 10.1 Å². The predicted octanol–water partition coefficient (Wildman–Crippen LogP) is 3.32. The first-order valence-corrected chi connectivity index (χ1v) is 11.3. The van der Waals surface area contributed by atoms with E-state index in [9.17, 15) is 13.2 Å². The molecule has 6 nitrogen and oxygen atoms in total. The molecule has 7 heteroatoms. The van der Waals surface area contributed by atoms with Crippen molar-refractivity contribution in [2.75, 3.05) is 13.7 Å². The largest absolute Gasteiger partial charge is 0.497 e. The number of fused-ring (bicyclic) bond motifs is 1. The van der Waals surface area contributed by atoms with Gasteiger partial charge >= 0.3 is 0 Å². The Morgan fingerprint density at radius 1 is 1.07 bits per heavy atom. The predicted molar refractivity (Wildman–Crippen MR) is 116 cm³/mol. The molecule has 0 aromatic heterocycles. The average Bonchev–Trinajstić information content (AvgIpc) is 3.28. The molecule has 0 radical (unpaired) electrons. The third kappa shape index (κ3) is 4.04. The molecular formula is C23H24N2O4S. The molecule has 1 aliphatic rings. The zero-order valence-electron chi connectivity index (χ0n) is 16.7. The molecule has 1 fully saturated rings. The fourth-order valence-corrected chi connectivity index (χ4v) is 5.50. The molecule has 3 aromatic carbocycles. The van der Waals surface area contributed by atoms with Crippen LogP contribution in [0.4, 0.5) is 0 Å². The molecule has 1 amide bonds. The van der Waals surface area contributed by atoms with Gasteiger partial charge in [-0.05, 0) is 53.4 Å². The van der Waals surface area contributed by atoms with Crippen LogP contribution in [0.15, 0.2) is 71.6 Å². The maximum absolute atomic E-state index is 13.3. The Kier molecular flexibility index (Phi) is 5.74. The summed E-state index contributed by atoms with van der Waals surface area (Å²) in [5, 5.41) is 4.71. The smallest absolute Gasteiger partial charge is 0.243 e. The van der Waals surface area contributed by atoms with Crippen LogP contribution in [0, 0.1) is 0 Å². The standard InChI is InChI=1S/C23H24N2O4S/c1-29-20-11-8-17(9-12-20)16-24-23(26)22-7-4-14-25(22)30(27,28)21-13-10-18-5-2-3-6-19(18)15-21/h2-3,5-6,8-13,15,22H,4,7,14,16H2,1H3,(H,24,26)/t22-/m1/s1. The highest BCUT2D eigenvalue weighted by molar-refractivity contribution is 7.89. The van der Waals surface area contributed by atoms with Crippen LogP contribution in [-0.4, -0.2) is 38.3 Å². The van der Waals surface area contributed by atoms with Crippen molar-refractivity contribution in [2.24, 2.45) is 0 Å². The van der Waals surface area contributed by atoms with Crippen molar-refractivity contribution in [1.82, 2.24) is 9.62 Å². The summed E-state index contributed by atoms with van der Waals surface area (Å²) in [6.45, 7) is 0.680. The van der Waals surface area contributed by atoms with E-state index in [4.69, 9.17) is 4.74 Å². The summed E-state index contributed by atoms with van der Waals surface area (Å²) in [6, 6.07) is 19.4. The number of carbonyl (C=O) groups excluding carboxylic acids is 1. The summed E-state index contributed by atoms with van der Waals surface area (Å²) >= 11 is 0. The number of hydrogen-bond donors (Lipinski definition) is 1. The molecule has 1 aliphatic heterocycles. The van der Waals surface area contributed by atoms with Gasteiger partial charge in [0.25, 0.3) is 0 Å². The maximum Gasteiger partial charge on any atom is 0.243 e. The van der Waals surface area contributed by atoms with Crippen LogP contribution in [0.2, 0.25) is 0 Å². The molecule has 0 spiro atoms. The van der Waals surface area contributed by atoms with Crippen molar-refractivity contribution in [3.8, 4) is 5.75 Å². The lowest BCUT2D eigenvalue weighted by atomic mass is 10.1. The van der Waals surface area contributed by atoms with Crippen molar-refractivity contribution >= 4 is 26.7 Å². The van der Waals surface area contributed by atoms with Gasteiger partial charge in [0.05, 0.1) is 12.0 Å². The highest BCUT2D eigenvalue weighted by Crippen LogP contribution is 2.28. The molecule has 1 N–H and O–H groups in total. The van der Waals surface area contributed by atoms with Gasteiger partial charge in [0.2, 0.25) is 15.9 Å². The van der Waals surface area contributed by atoms with Gasteiger partial charge in [-0.2, -0.15) is 4.31 Å². The maximum atomic E-state index is 13.3. The van der Waals surface area contributed by atoms with Crippen LogP contribution in [0.5, 0.6) is 5.75 Å². The van der Waals surface area contributed by atoms with Crippen LogP contribution in [-0.2, 0) is 21.4 Å². The molecule has 0 unspecified atom stereocenters. The van der Waals surface area contributed by atoms with Crippen molar-refractivity contribution in [3.05, 3.63) is 72.3 Å². The van der Waals surface area contributed by atoms with Gasteiger partial charge in [0.1, 0.15) is 11.8 Å². The molecule has 30 heavy (non-hydrogen) atoms. The lowest BCUT2D eigenvalue weighted by Gasteiger charge is -2.23. The first-order chi connectivity index (χ1) is 14.5. The van der Waals surface area contributed by atoms with E-state index in [-0.39, 0.29) is 10.8 Å². The average molecular weight is 425 g/mol. The van der Waals surface area contributed by atoms with Gasteiger partial charge in [0, 0.05) is 13.1 Å². The highest BCUT2D eigenvalue weighted by atomic mass is 32.2. The molecule has 0 aliphatic carbocycles. The van der Waals surface area contributed by atoms with E-state index >= 15 is 0 Å². The monoisotopic (exact) mass is 424 g/mol. The molecule has 0 saturated carbocycles. The van der Waals surface area contributed by atoms with Gasteiger partial charge in [-0.3, -0.25) is 4.79 Å². The summed E-state index contributed by atoms with van der Waals surface area (Å²) in [6.07, 6.45) is 1.18. The summed E-state index contributed by atoms with van der Waals surface area (Å²) in [5.74, 6) is 0.473. The Morgan fingerprint density at radius 3 is 2.53 bits per heavy atom. The Hall–Kier alpha value is -2.90. The number of carbonyl (C=O) groups is 1. The number of nitrogens with zero attached hydrogens (tertiary/aromatic N) is 1. The molecule has 156 valence electrons. The Balaban J connectivity index is 1.50. The Bertz CT molecular complexity index is 1160. The number of methoxy groups -OCH3 is 1. The minimum Gasteiger partial charge on any atom is -0.497 e. The lowest BCUT2D eigenvalue weighted by Crippen LogP contribution is -2.45. The van der Waals surface area contributed by atoms with Gasteiger partial charge < -0.3 is 10.1 Å². The van der Waals surface area contributed by atoms with Crippen LogP contribution in [0.1, 0.15) is 18.4 Å². The topological polar surface area (TPSA) is 75.7 Å². The van der Waals surface area contributed by atoms with Gasteiger partial charge in [-0.15, -0.1) is 0 Å². The number of sulfonamides is 1. The summed E-state index contributed by atoms with van der Waals surface area (Å²) in [4.78, 5) is 13.0. The second-order valence-corrected chi connectivity index (χ2v) is 9.24. The molecule has 4 rings (SSSR count). The van der Waals surface area contributed by atoms with Crippen LogP contribution >= 0.6 is 0 Å². The van der Waals surface area contributed by atoms with E-state index < -0.39 is 16.1 Å². The molecule has 1 saturated heterocycles. The van der Waals surface area contributed by atoms with Gasteiger partial charge in [-0.25, -0.2) is 8.42 Å². The first kappa shape index (κ1) is 20.4. The van der Waals surface area contributed by atoms with E-state index in [1.54, 1.807) is 25.3 Å². The minimum atomic E-state index is -3.76. The number of amides is 1. The van der Waals surface area contributed by atoms with Crippen LogP contribution in [0.25, 0.3) is 10.8 Å². The molecule has 1 atom stereocenters. The normalized spacial score (nSPS) is 17.2. The number of rotatable bonds is 6. The molecule has 0 bridgehead atoms. The first-order valence-electron chi connectivity index (χ1n) is 9.90. The fourth-order valence-electron chi connectivity index (χ4n) is 3.80. The van der Waals surface area contributed by atoms with Crippen molar-refractivity contribution in [2.45, 2.75) is 30.3 Å². The second kappa shape index (κ2) is 8.45. The quantitative estimate of drug-likeness (QED) is 0.659. The third-order valence-electron chi connectivity index (χ3n) is 5.46. The summed E-state index contributed by atoms with van der Waals surface area (Å²) in [5.41, 5.74) is 0.922. The lowest BCUT2D eigenvalue weighted by molar-refractivity contribution is -0.124.